The minimum absolute atomic E-state index is 0.144. The van der Waals surface area contributed by atoms with Crippen LogP contribution in [0.1, 0.15) is 41.6 Å². The standard InChI is InChI=1S/C21H24FNO3/c1-14-4-8-18(12-15(14)2)16(3)23-20(24)13-26-21(25)11-7-17-5-9-19(22)10-6-17/h4-6,8-10,12,16H,7,11,13H2,1-3H3,(H,23,24). The van der Waals surface area contributed by atoms with Crippen molar-refractivity contribution in [3.63, 3.8) is 0 Å². The van der Waals surface area contributed by atoms with Gasteiger partial charge in [-0.1, -0.05) is 30.3 Å². The molecule has 5 heteroatoms. The zero-order chi connectivity index (χ0) is 19.1. The van der Waals surface area contributed by atoms with E-state index in [1.807, 2.05) is 39.0 Å². The number of hydrogen-bond acceptors (Lipinski definition) is 3. The summed E-state index contributed by atoms with van der Waals surface area (Å²) in [6.45, 7) is 5.64. The number of aryl methyl sites for hydroxylation is 3. The molecule has 0 aliphatic carbocycles. The number of carbonyl (C=O) groups excluding carboxylic acids is 2. The number of benzene rings is 2. The van der Waals surface area contributed by atoms with Crippen LogP contribution in [0.3, 0.4) is 0 Å². The smallest absolute Gasteiger partial charge is 0.306 e. The lowest BCUT2D eigenvalue weighted by Gasteiger charge is -2.15. The Morgan fingerprint density at radius 1 is 1.08 bits per heavy atom. The van der Waals surface area contributed by atoms with Crippen molar-refractivity contribution in [3.05, 3.63) is 70.5 Å². The van der Waals surface area contributed by atoms with E-state index >= 15 is 0 Å². The predicted octanol–water partition coefficient (Wildman–Crippen LogP) is 3.80. The van der Waals surface area contributed by atoms with E-state index in [4.69, 9.17) is 4.74 Å². The Kier molecular flexibility index (Phi) is 6.89. The Morgan fingerprint density at radius 2 is 1.77 bits per heavy atom. The highest BCUT2D eigenvalue weighted by Gasteiger charge is 2.12. The second-order valence-corrected chi connectivity index (χ2v) is 6.42. The van der Waals surface area contributed by atoms with Crippen molar-refractivity contribution in [2.45, 2.75) is 39.7 Å². The number of amides is 1. The summed E-state index contributed by atoms with van der Waals surface area (Å²) in [6, 6.07) is 11.8. The molecule has 0 heterocycles. The van der Waals surface area contributed by atoms with E-state index < -0.39 is 5.97 Å². The third-order valence-corrected chi connectivity index (χ3v) is 4.30. The van der Waals surface area contributed by atoms with Crippen LogP contribution in [0.5, 0.6) is 0 Å². The summed E-state index contributed by atoms with van der Waals surface area (Å²) in [5, 5.41) is 2.82. The summed E-state index contributed by atoms with van der Waals surface area (Å²) in [6.07, 6.45) is 0.589. The number of carbonyl (C=O) groups is 2. The third kappa shape index (κ3) is 5.99. The van der Waals surface area contributed by atoms with Crippen LogP contribution in [0.15, 0.2) is 42.5 Å². The molecule has 2 rings (SSSR count). The van der Waals surface area contributed by atoms with Gasteiger partial charge in [-0.2, -0.15) is 0 Å². The first-order valence-corrected chi connectivity index (χ1v) is 8.61. The van der Waals surface area contributed by atoms with Crippen molar-refractivity contribution in [2.75, 3.05) is 6.61 Å². The van der Waals surface area contributed by atoms with Crippen LogP contribution in [-0.4, -0.2) is 18.5 Å². The van der Waals surface area contributed by atoms with Crippen molar-refractivity contribution >= 4 is 11.9 Å². The molecule has 0 aromatic heterocycles. The van der Waals surface area contributed by atoms with Gasteiger partial charge >= 0.3 is 5.97 Å². The second kappa shape index (κ2) is 9.13. The van der Waals surface area contributed by atoms with Gasteiger partial charge in [0.1, 0.15) is 5.82 Å². The summed E-state index contributed by atoms with van der Waals surface area (Å²) in [7, 11) is 0. The Hall–Kier alpha value is -2.69. The van der Waals surface area contributed by atoms with Crippen LogP contribution in [0.2, 0.25) is 0 Å². The van der Waals surface area contributed by atoms with Crippen molar-refractivity contribution < 1.29 is 18.7 Å². The first kappa shape index (κ1) is 19.6. The van der Waals surface area contributed by atoms with Crippen molar-refractivity contribution in [3.8, 4) is 0 Å². The fourth-order valence-corrected chi connectivity index (χ4v) is 2.52. The van der Waals surface area contributed by atoms with Crippen LogP contribution in [0.4, 0.5) is 4.39 Å². The molecule has 2 aromatic rings. The number of nitrogens with one attached hydrogen (secondary N) is 1. The molecule has 0 bridgehead atoms. The minimum Gasteiger partial charge on any atom is -0.456 e. The molecular formula is C21H24FNO3. The van der Waals surface area contributed by atoms with E-state index in [-0.39, 0.29) is 30.8 Å². The number of halogens is 1. The van der Waals surface area contributed by atoms with Gasteiger partial charge in [0, 0.05) is 6.42 Å². The lowest BCUT2D eigenvalue weighted by Crippen LogP contribution is -2.31. The zero-order valence-electron chi connectivity index (χ0n) is 15.3. The molecule has 2 aromatic carbocycles. The van der Waals surface area contributed by atoms with Gasteiger partial charge in [-0.15, -0.1) is 0 Å². The Labute approximate surface area is 153 Å². The molecule has 26 heavy (non-hydrogen) atoms. The minimum atomic E-state index is -0.455. The van der Waals surface area contributed by atoms with Gasteiger partial charge in [0.05, 0.1) is 6.04 Å². The topological polar surface area (TPSA) is 55.4 Å². The normalized spacial score (nSPS) is 11.7. The van der Waals surface area contributed by atoms with Crippen LogP contribution in [0, 0.1) is 19.7 Å². The molecular weight excluding hydrogens is 333 g/mol. The average molecular weight is 357 g/mol. The average Bonchev–Trinajstić information content (AvgIpc) is 2.61. The van der Waals surface area contributed by atoms with Gasteiger partial charge in [-0.3, -0.25) is 9.59 Å². The van der Waals surface area contributed by atoms with Crippen LogP contribution >= 0.6 is 0 Å². The fraction of sp³-hybridized carbons (Fsp3) is 0.333. The molecule has 1 N–H and O–H groups in total. The SMILES string of the molecule is Cc1ccc(C(C)NC(=O)COC(=O)CCc2ccc(F)cc2)cc1C. The van der Waals surface area contributed by atoms with Gasteiger partial charge < -0.3 is 10.1 Å². The highest BCUT2D eigenvalue weighted by atomic mass is 19.1. The summed E-state index contributed by atoms with van der Waals surface area (Å²) in [5.74, 6) is -1.11. The molecule has 0 radical (unpaired) electrons. The summed E-state index contributed by atoms with van der Waals surface area (Å²) < 4.78 is 17.8. The molecule has 0 aliphatic rings. The quantitative estimate of drug-likeness (QED) is 0.767. The number of ether oxygens (including phenoxy) is 1. The maximum absolute atomic E-state index is 12.8. The van der Waals surface area contributed by atoms with Gasteiger partial charge in [0.2, 0.25) is 0 Å². The maximum atomic E-state index is 12.8. The number of esters is 1. The zero-order valence-corrected chi connectivity index (χ0v) is 15.3. The van der Waals surface area contributed by atoms with E-state index in [1.165, 1.54) is 17.7 Å². The Bertz CT molecular complexity index is 771. The molecule has 0 spiro atoms. The van der Waals surface area contributed by atoms with Crippen LogP contribution < -0.4 is 5.32 Å². The largest absolute Gasteiger partial charge is 0.456 e. The predicted molar refractivity (Wildman–Crippen MR) is 98.2 cm³/mol. The first-order chi connectivity index (χ1) is 12.3. The molecule has 1 atom stereocenters. The lowest BCUT2D eigenvalue weighted by molar-refractivity contribution is -0.148. The van der Waals surface area contributed by atoms with Gasteiger partial charge in [0.15, 0.2) is 6.61 Å². The van der Waals surface area contributed by atoms with E-state index in [2.05, 4.69) is 5.32 Å². The number of hydrogen-bond donors (Lipinski definition) is 1. The molecule has 1 unspecified atom stereocenters. The third-order valence-electron chi connectivity index (χ3n) is 4.30. The Morgan fingerprint density at radius 3 is 2.42 bits per heavy atom. The summed E-state index contributed by atoms with van der Waals surface area (Å²) >= 11 is 0. The molecule has 0 fully saturated rings. The van der Waals surface area contributed by atoms with Crippen LogP contribution in [-0.2, 0) is 20.7 Å². The van der Waals surface area contributed by atoms with E-state index in [0.717, 1.165) is 16.7 Å². The summed E-state index contributed by atoms with van der Waals surface area (Å²) in [5.41, 5.74) is 4.21. The first-order valence-electron chi connectivity index (χ1n) is 8.61. The second-order valence-electron chi connectivity index (χ2n) is 6.42. The number of rotatable bonds is 7. The maximum Gasteiger partial charge on any atom is 0.306 e. The van der Waals surface area contributed by atoms with E-state index in [0.29, 0.717) is 6.42 Å². The van der Waals surface area contributed by atoms with Gasteiger partial charge in [0.25, 0.3) is 5.91 Å². The highest BCUT2D eigenvalue weighted by molar-refractivity contribution is 5.80. The molecule has 0 saturated heterocycles. The molecule has 1 amide bonds. The van der Waals surface area contributed by atoms with Gasteiger partial charge in [-0.25, -0.2) is 4.39 Å². The molecule has 0 aliphatic heterocycles. The van der Waals surface area contributed by atoms with E-state index in [9.17, 15) is 14.0 Å². The molecule has 4 nitrogen and oxygen atoms in total. The summed E-state index contributed by atoms with van der Waals surface area (Å²) in [4.78, 5) is 23.7. The van der Waals surface area contributed by atoms with Gasteiger partial charge in [-0.05, 0) is 61.6 Å². The highest BCUT2D eigenvalue weighted by Crippen LogP contribution is 2.16. The molecule has 138 valence electrons. The van der Waals surface area contributed by atoms with E-state index in [1.54, 1.807) is 12.1 Å². The monoisotopic (exact) mass is 357 g/mol. The fourth-order valence-electron chi connectivity index (χ4n) is 2.52. The van der Waals surface area contributed by atoms with Crippen molar-refractivity contribution in [1.82, 2.24) is 5.32 Å². The molecule has 0 saturated carbocycles. The Balaban J connectivity index is 1.74. The lowest BCUT2D eigenvalue weighted by atomic mass is 10.0. The van der Waals surface area contributed by atoms with Crippen molar-refractivity contribution in [1.29, 1.82) is 0 Å². The van der Waals surface area contributed by atoms with Crippen LogP contribution in [0.25, 0.3) is 0 Å². The van der Waals surface area contributed by atoms with Crippen molar-refractivity contribution in [2.24, 2.45) is 0 Å².